The van der Waals surface area contributed by atoms with E-state index in [9.17, 15) is 4.79 Å². The molecule has 1 amide bonds. The Bertz CT molecular complexity index is 1040. The van der Waals surface area contributed by atoms with Gasteiger partial charge in [-0.25, -0.2) is 4.98 Å². The van der Waals surface area contributed by atoms with E-state index in [0.717, 1.165) is 16.3 Å². The van der Waals surface area contributed by atoms with Gasteiger partial charge >= 0.3 is 0 Å². The summed E-state index contributed by atoms with van der Waals surface area (Å²) in [6.45, 7) is 0.436. The molecule has 128 valence electrons. The molecule has 7 nitrogen and oxygen atoms in total. The first kappa shape index (κ1) is 15.9. The van der Waals surface area contributed by atoms with Crippen LogP contribution in [0.5, 0.6) is 0 Å². The molecule has 7 heteroatoms. The second kappa shape index (κ2) is 7.10. The van der Waals surface area contributed by atoms with Gasteiger partial charge in [-0.15, -0.1) is 0 Å². The molecule has 4 aromatic rings. The van der Waals surface area contributed by atoms with Crippen molar-refractivity contribution in [1.82, 2.24) is 30.5 Å². The molecule has 0 fully saturated rings. The van der Waals surface area contributed by atoms with Gasteiger partial charge in [0.15, 0.2) is 5.82 Å². The average molecular weight is 344 g/mol. The number of amides is 1. The number of carbonyl (C=O) groups excluding carboxylic acids is 1. The van der Waals surface area contributed by atoms with Crippen LogP contribution in [0.1, 0.15) is 16.3 Å². The summed E-state index contributed by atoms with van der Waals surface area (Å²) in [6.07, 6.45) is 5.60. The van der Waals surface area contributed by atoms with Crippen LogP contribution in [-0.4, -0.2) is 37.6 Å². The highest BCUT2D eigenvalue weighted by Crippen LogP contribution is 2.16. The Labute approximate surface area is 149 Å². The summed E-state index contributed by atoms with van der Waals surface area (Å²) in [5.74, 6) is 1.10. The van der Waals surface area contributed by atoms with Gasteiger partial charge in [0.25, 0.3) is 5.91 Å². The minimum atomic E-state index is -0.200. The molecule has 1 aromatic carbocycles. The van der Waals surface area contributed by atoms with Gasteiger partial charge in [-0.3, -0.25) is 19.9 Å². The van der Waals surface area contributed by atoms with E-state index >= 15 is 0 Å². The molecule has 26 heavy (non-hydrogen) atoms. The first-order valence-electron chi connectivity index (χ1n) is 8.25. The van der Waals surface area contributed by atoms with Crippen molar-refractivity contribution in [2.45, 2.75) is 6.42 Å². The second-order valence-electron chi connectivity index (χ2n) is 5.73. The maximum atomic E-state index is 12.4. The van der Waals surface area contributed by atoms with Gasteiger partial charge in [0.2, 0.25) is 0 Å². The minimum Gasteiger partial charge on any atom is -0.350 e. The van der Waals surface area contributed by atoms with Crippen molar-refractivity contribution in [2.75, 3.05) is 6.54 Å². The molecular weight excluding hydrogens is 328 g/mol. The quantitative estimate of drug-likeness (QED) is 0.579. The highest BCUT2D eigenvalue weighted by Gasteiger charge is 2.11. The van der Waals surface area contributed by atoms with Crippen LogP contribution in [0.3, 0.4) is 0 Å². The Kier molecular flexibility index (Phi) is 4.34. The molecule has 3 heterocycles. The predicted octanol–water partition coefficient (Wildman–Crippen LogP) is 2.39. The molecule has 3 aromatic heterocycles. The number of carbonyl (C=O) groups is 1. The molecule has 0 unspecified atom stereocenters. The number of fused-ring (bicyclic) bond motifs is 1. The van der Waals surface area contributed by atoms with E-state index < -0.39 is 0 Å². The second-order valence-corrected chi connectivity index (χ2v) is 5.73. The first-order valence-corrected chi connectivity index (χ1v) is 8.25. The van der Waals surface area contributed by atoms with E-state index in [2.05, 4.69) is 30.5 Å². The van der Waals surface area contributed by atoms with Gasteiger partial charge in [0, 0.05) is 42.5 Å². The topological polar surface area (TPSA) is 96.5 Å². The maximum absolute atomic E-state index is 12.4. The SMILES string of the molecule is O=C(NCCc1nc(-c2cccnc2)n[nH]1)c1nccc2ccccc12. The lowest BCUT2D eigenvalue weighted by atomic mass is 10.1. The van der Waals surface area contributed by atoms with Crippen molar-refractivity contribution in [2.24, 2.45) is 0 Å². The summed E-state index contributed by atoms with van der Waals surface area (Å²) in [4.78, 5) is 25.2. The van der Waals surface area contributed by atoms with Crippen molar-refractivity contribution in [3.63, 3.8) is 0 Å². The summed E-state index contributed by atoms with van der Waals surface area (Å²) in [6, 6.07) is 13.3. The Hall–Kier alpha value is -3.61. The van der Waals surface area contributed by atoms with Gasteiger partial charge in [0.05, 0.1) is 0 Å². The van der Waals surface area contributed by atoms with Crippen LogP contribution in [0.2, 0.25) is 0 Å². The zero-order chi connectivity index (χ0) is 17.8. The van der Waals surface area contributed by atoms with Crippen LogP contribution in [0.25, 0.3) is 22.2 Å². The molecule has 0 aliphatic rings. The third-order valence-electron chi connectivity index (χ3n) is 3.99. The van der Waals surface area contributed by atoms with E-state index in [4.69, 9.17) is 0 Å². The van der Waals surface area contributed by atoms with Gasteiger partial charge < -0.3 is 5.32 Å². The van der Waals surface area contributed by atoms with Crippen molar-refractivity contribution in [3.8, 4) is 11.4 Å². The lowest BCUT2D eigenvalue weighted by Gasteiger charge is -2.06. The number of hydrogen-bond donors (Lipinski definition) is 2. The number of aromatic amines is 1. The number of rotatable bonds is 5. The molecule has 0 saturated carbocycles. The van der Waals surface area contributed by atoms with Crippen molar-refractivity contribution in [1.29, 1.82) is 0 Å². The fraction of sp³-hybridized carbons (Fsp3) is 0.105. The summed E-state index contributed by atoms with van der Waals surface area (Å²) in [5.41, 5.74) is 1.27. The summed E-state index contributed by atoms with van der Waals surface area (Å²) in [5, 5.41) is 11.8. The number of benzene rings is 1. The molecule has 0 saturated heterocycles. The largest absolute Gasteiger partial charge is 0.350 e. The van der Waals surface area contributed by atoms with E-state index in [1.54, 1.807) is 18.6 Å². The summed E-state index contributed by atoms with van der Waals surface area (Å²) in [7, 11) is 0. The summed E-state index contributed by atoms with van der Waals surface area (Å²) >= 11 is 0. The number of aromatic nitrogens is 5. The van der Waals surface area contributed by atoms with E-state index in [0.29, 0.717) is 30.3 Å². The molecule has 2 N–H and O–H groups in total. The Morgan fingerprint density at radius 2 is 2.00 bits per heavy atom. The van der Waals surface area contributed by atoms with Crippen LogP contribution in [0, 0.1) is 0 Å². The fourth-order valence-corrected chi connectivity index (χ4v) is 2.71. The highest BCUT2D eigenvalue weighted by molar-refractivity contribution is 6.05. The van der Waals surface area contributed by atoms with Crippen LogP contribution in [0.4, 0.5) is 0 Å². The Balaban J connectivity index is 1.40. The van der Waals surface area contributed by atoms with Crippen LogP contribution < -0.4 is 5.32 Å². The molecule has 0 aliphatic heterocycles. The van der Waals surface area contributed by atoms with Crippen LogP contribution >= 0.6 is 0 Å². The maximum Gasteiger partial charge on any atom is 0.270 e. The number of H-pyrrole nitrogens is 1. The van der Waals surface area contributed by atoms with E-state index in [1.807, 2.05) is 42.5 Å². The first-order chi connectivity index (χ1) is 12.8. The van der Waals surface area contributed by atoms with Crippen molar-refractivity contribution >= 4 is 16.7 Å². The average Bonchev–Trinajstić information content (AvgIpc) is 3.17. The third kappa shape index (κ3) is 3.27. The number of nitrogens with zero attached hydrogens (tertiary/aromatic N) is 4. The lowest BCUT2D eigenvalue weighted by molar-refractivity contribution is 0.0951. The standard InChI is InChI=1S/C19H16N6O/c26-19(17-15-6-2-1-4-13(15)7-10-21-17)22-11-8-16-23-18(25-24-16)14-5-3-9-20-12-14/h1-7,9-10,12H,8,11H2,(H,22,26)(H,23,24,25). The van der Waals surface area contributed by atoms with E-state index in [-0.39, 0.29) is 5.91 Å². The van der Waals surface area contributed by atoms with Crippen LogP contribution in [-0.2, 0) is 6.42 Å². The van der Waals surface area contributed by atoms with Crippen LogP contribution in [0.15, 0.2) is 61.1 Å². The number of pyridine rings is 2. The van der Waals surface area contributed by atoms with Gasteiger partial charge in [-0.1, -0.05) is 24.3 Å². The summed E-state index contributed by atoms with van der Waals surface area (Å²) < 4.78 is 0. The zero-order valence-corrected chi connectivity index (χ0v) is 13.9. The Morgan fingerprint density at radius 3 is 2.88 bits per heavy atom. The van der Waals surface area contributed by atoms with Crippen molar-refractivity contribution < 1.29 is 4.79 Å². The minimum absolute atomic E-state index is 0.200. The predicted molar refractivity (Wildman–Crippen MR) is 97.4 cm³/mol. The van der Waals surface area contributed by atoms with Gasteiger partial charge in [-0.05, 0) is 23.6 Å². The molecule has 0 radical (unpaired) electrons. The zero-order valence-electron chi connectivity index (χ0n) is 13.9. The monoisotopic (exact) mass is 344 g/mol. The normalized spacial score (nSPS) is 10.8. The molecule has 0 atom stereocenters. The Morgan fingerprint density at radius 1 is 1.08 bits per heavy atom. The highest BCUT2D eigenvalue weighted by atomic mass is 16.1. The number of hydrogen-bond acceptors (Lipinski definition) is 5. The molecule has 4 rings (SSSR count). The fourth-order valence-electron chi connectivity index (χ4n) is 2.71. The molecule has 0 bridgehead atoms. The smallest absolute Gasteiger partial charge is 0.270 e. The van der Waals surface area contributed by atoms with Gasteiger partial charge in [-0.2, -0.15) is 5.10 Å². The molecular formula is C19H16N6O. The third-order valence-corrected chi connectivity index (χ3v) is 3.99. The van der Waals surface area contributed by atoms with E-state index in [1.165, 1.54) is 0 Å². The van der Waals surface area contributed by atoms with Gasteiger partial charge in [0.1, 0.15) is 11.5 Å². The number of nitrogens with one attached hydrogen (secondary N) is 2. The lowest BCUT2D eigenvalue weighted by Crippen LogP contribution is -2.27. The molecule has 0 aliphatic carbocycles. The van der Waals surface area contributed by atoms with Crippen molar-refractivity contribution in [3.05, 3.63) is 72.6 Å². The molecule has 0 spiro atoms.